The summed E-state index contributed by atoms with van der Waals surface area (Å²) >= 11 is 6.62. The number of aromatic nitrogens is 6. The first-order valence-electron chi connectivity index (χ1n) is 18.5. The van der Waals surface area contributed by atoms with E-state index in [-0.39, 0.29) is 61.7 Å². The Morgan fingerprint density at radius 1 is 1.03 bits per heavy atom. The van der Waals surface area contributed by atoms with Crippen LogP contribution in [0, 0.1) is 17.6 Å². The fraction of sp³-hybridized carbons (Fsp3) is 0.308. The standard InChI is InChI=1S/C39H32ClF6N9O4S/c1-52-33-28(8-7-25(40)31(33)36(50-52)51-60(2,58)59)55-37(48-26-15-21(53-9-3-4-10-53)5-6-22(26)38(55)57)27(13-18-11-19(41)14-20(42)12-18)47-29(56)17-54-34-30(32(49-54)35(43)44)23-16-24(23)39(34,45)46/h3-8,11-12,14-15,23-24,27,35H,9-10,13,16-17H2,1-2H3,(H,47,56)(H,50,51)/t23-,24+,27-/m0/s1. The first-order chi connectivity index (χ1) is 28.4. The van der Waals surface area contributed by atoms with Gasteiger partial charge in [-0.1, -0.05) is 23.8 Å². The molecule has 0 spiro atoms. The Hall–Kier alpha value is -5.89. The maximum atomic E-state index is 15.5. The van der Waals surface area contributed by atoms with Crippen LogP contribution in [0.5, 0.6) is 0 Å². The van der Waals surface area contributed by atoms with Gasteiger partial charge in [0.15, 0.2) is 5.82 Å². The highest BCUT2D eigenvalue weighted by Crippen LogP contribution is 2.68. The number of carbonyl (C=O) groups excluding carboxylic acids is 1. The van der Waals surface area contributed by atoms with Crippen LogP contribution in [0.4, 0.5) is 37.8 Å². The largest absolute Gasteiger partial charge is 0.364 e. The van der Waals surface area contributed by atoms with Crippen molar-refractivity contribution in [3.63, 3.8) is 0 Å². The lowest BCUT2D eigenvalue weighted by molar-refractivity contribution is -0.123. The fourth-order valence-electron chi connectivity index (χ4n) is 8.45. The van der Waals surface area contributed by atoms with Crippen molar-refractivity contribution in [3.05, 3.63) is 116 Å². The SMILES string of the molecule is Cn1nc(NS(C)(=O)=O)c2c(Cl)ccc(-n3c([C@H](Cc4cc(F)cc(F)c4)NC(=O)Cn4nc(C(F)F)c5c4C(F)(F)[C@@H]4C[C@H]54)nc4cc(N5CC=CC5)ccc4c3=O)c21. The monoisotopic (exact) mass is 871 g/mol. The Labute approximate surface area is 341 Å². The zero-order valence-electron chi connectivity index (χ0n) is 31.4. The summed E-state index contributed by atoms with van der Waals surface area (Å²) in [6.07, 6.45) is 1.20. The Morgan fingerprint density at radius 2 is 1.75 bits per heavy atom. The van der Waals surface area contributed by atoms with E-state index in [1.54, 1.807) is 18.2 Å². The Bertz CT molecular complexity index is 2980. The van der Waals surface area contributed by atoms with E-state index in [0.717, 1.165) is 23.0 Å². The second-order valence-electron chi connectivity index (χ2n) is 15.1. The third-order valence-corrected chi connectivity index (χ3v) is 11.9. The number of rotatable bonds is 11. The molecule has 9 rings (SSSR count). The van der Waals surface area contributed by atoms with Gasteiger partial charge in [-0.15, -0.1) is 0 Å². The molecular formula is C39H32ClF6N9O4S. The predicted molar refractivity (Wildman–Crippen MR) is 209 cm³/mol. The average Bonchev–Trinajstić information content (AvgIpc) is 3.40. The van der Waals surface area contributed by atoms with Crippen molar-refractivity contribution >= 4 is 60.8 Å². The second kappa shape index (κ2) is 14.1. The van der Waals surface area contributed by atoms with Crippen LogP contribution < -0.4 is 20.5 Å². The maximum Gasteiger partial charge on any atom is 0.293 e. The summed E-state index contributed by atoms with van der Waals surface area (Å²) < 4.78 is 119. The van der Waals surface area contributed by atoms with Gasteiger partial charge < -0.3 is 10.2 Å². The number of hydrogen-bond acceptors (Lipinski definition) is 8. The molecule has 2 N–H and O–H groups in total. The van der Waals surface area contributed by atoms with Crippen LogP contribution in [0.3, 0.4) is 0 Å². The molecule has 3 atom stereocenters. The summed E-state index contributed by atoms with van der Waals surface area (Å²) in [5.74, 6) is -8.88. The van der Waals surface area contributed by atoms with Crippen LogP contribution >= 0.6 is 11.6 Å². The Kier molecular flexibility index (Phi) is 9.30. The molecule has 0 unspecified atom stereocenters. The number of nitrogens with one attached hydrogen (secondary N) is 2. The number of halogens is 7. The van der Waals surface area contributed by atoms with E-state index in [0.29, 0.717) is 29.5 Å². The van der Waals surface area contributed by atoms with Crippen LogP contribution in [0.15, 0.2) is 65.5 Å². The van der Waals surface area contributed by atoms with Gasteiger partial charge >= 0.3 is 0 Å². The van der Waals surface area contributed by atoms with E-state index in [1.165, 1.54) is 23.9 Å². The molecule has 13 nitrogen and oxygen atoms in total. The van der Waals surface area contributed by atoms with E-state index in [9.17, 15) is 35.6 Å². The minimum atomic E-state index is -3.89. The highest BCUT2D eigenvalue weighted by atomic mass is 35.5. The van der Waals surface area contributed by atoms with E-state index in [4.69, 9.17) is 16.6 Å². The molecule has 4 heterocycles. The van der Waals surface area contributed by atoms with Crippen LogP contribution in [0.1, 0.15) is 53.1 Å². The van der Waals surface area contributed by atoms with Gasteiger partial charge in [-0.05, 0) is 60.4 Å². The molecular weight excluding hydrogens is 840 g/mol. The van der Waals surface area contributed by atoms with Gasteiger partial charge in [0.2, 0.25) is 15.9 Å². The summed E-state index contributed by atoms with van der Waals surface area (Å²) in [7, 11) is -2.43. The smallest absolute Gasteiger partial charge is 0.293 e. The number of hydrogen-bond donors (Lipinski definition) is 2. The van der Waals surface area contributed by atoms with Crippen molar-refractivity contribution in [2.45, 2.75) is 43.7 Å². The Balaban J connectivity index is 1.24. The van der Waals surface area contributed by atoms with Crippen molar-refractivity contribution in [2.24, 2.45) is 13.0 Å². The highest BCUT2D eigenvalue weighted by Gasteiger charge is 2.67. The number of alkyl halides is 4. The molecule has 0 bridgehead atoms. The van der Waals surface area contributed by atoms with E-state index in [1.807, 2.05) is 17.1 Å². The lowest BCUT2D eigenvalue weighted by Crippen LogP contribution is -2.38. The van der Waals surface area contributed by atoms with E-state index >= 15 is 8.78 Å². The Morgan fingerprint density at radius 3 is 2.43 bits per heavy atom. The van der Waals surface area contributed by atoms with Crippen LogP contribution in [0.2, 0.25) is 5.02 Å². The highest BCUT2D eigenvalue weighted by molar-refractivity contribution is 7.92. The summed E-state index contributed by atoms with van der Waals surface area (Å²) in [5, 5.41) is 11.0. The molecule has 0 radical (unpaired) electrons. The summed E-state index contributed by atoms with van der Waals surface area (Å²) in [5.41, 5.74) is -1.58. The molecule has 312 valence electrons. The van der Waals surface area contributed by atoms with Gasteiger partial charge in [-0.25, -0.2) is 31.0 Å². The summed E-state index contributed by atoms with van der Waals surface area (Å²) in [6, 6.07) is 8.91. The predicted octanol–water partition coefficient (Wildman–Crippen LogP) is 6.39. The van der Waals surface area contributed by atoms with E-state index < -0.39 is 87.7 Å². The van der Waals surface area contributed by atoms with Gasteiger partial charge in [-0.2, -0.15) is 19.0 Å². The summed E-state index contributed by atoms with van der Waals surface area (Å²) in [4.78, 5) is 35.9. The van der Waals surface area contributed by atoms with Crippen molar-refractivity contribution in [1.82, 2.24) is 34.4 Å². The molecule has 3 aromatic heterocycles. The average molecular weight is 872 g/mol. The third-order valence-electron chi connectivity index (χ3n) is 11.0. The minimum absolute atomic E-state index is 0.00542. The van der Waals surface area contributed by atoms with Crippen molar-refractivity contribution < 1.29 is 39.6 Å². The molecule has 1 aliphatic heterocycles. The van der Waals surface area contributed by atoms with Crippen LogP contribution in [-0.4, -0.2) is 62.8 Å². The first kappa shape index (κ1) is 39.6. The number of nitrogens with zero attached hydrogens (tertiary/aromatic N) is 7. The number of carbonyl (C=O) groups is 1. The topological polar surface area (TPSA) is 149 Å². The lowest BCUT2D eigenvalue weighted by Gasteiger charge is -2.25. The number of sulfonamides is 1. The normalized spacial score (nSPS) is 18.4. The number of aryl methyl sites for hydroxylation is 1. The van der Waals surface area contributed by atoms with E-state index in [2.05, 4.69) is 20.2 Å². The van der Waals surface area contributed by atoms with Crippen molar-refractivity contribution in [2.75, 3.05) is 29.0 Å². The zero-order valence-corrected chi connectivity index (χ0v) is 33.0. The second-order valence-corrected chi connectivity index (χ2v) is 17.3. The first-order valence-corrected chi connectivity index (χ1v) is 20.8. The summed E-state index contributed by atoms with van der Waals surface area (Å²) in [6.45, 7) is 0.171. The van der Waals surface area contributed by atoms with Gasteiger partial charge in [0.25, 0.3) is 17.9 Å². The van der Waals surface area contributed by atoms with Gasteiger partial charge in [0.1, 0.15) is 35.4 Å². The van der Waals surface area contributed by atoms with Gasteiger partial charge in [0.05, 0.1) is 44.8 Å². The molecule has 6 aromatic rings. The number of amides is 1. The van der Waals surface area contributed by atoms with Crippen molar-refractivity contribution in [3.8, 4) is 5.69 Å². The number of fused-ring (bicyclic) bond motifs is 5. The quantitative estimate of drug-likeness (QED) is 0.112. The molecule has 21 heteroatoms. The molecule has 1 fully saturated rings. The number of anilines is 2. The molecule has 3 aliphatic rings. The van der Waals surface area contributed by atoms with Crippen LogP contribution in [0.25, 0.3) is 27.5 Å². The molecule has 1 saturated carbocycles. The molecule has 1 amide bonds. The molecule has 0 saturated heterocycles. The van der Waals surface area contributed by atoms with Gasteiger partial charge in [0, 0.05) is 49.8 Å². The molecule has 3 aromatic carbocycles. The maximum absolute atomic E-state index is 15.5. The molecule has 2 aliphatic carbocycles. The lowest BCUT2D eigenvalue weighted by atomic mass is 10.0. The van der Waals surface area contributed by atoms with Gasteiger partial charge in [-0.3, -0.25) is 28.2 Å². The number of benzene rings is 3. The zero-order chi connectivity index (χ0) is 42.6. The van der Waals surface area contributed by atoms with Crippen LogP contribution in [-0.2, 0) is 40.8 Å². The third kappa shape index (κ3) is 6.74. The molecule has 60 heavy (non-hydrogen) atoms. The fourth-order valence-corrected chi connectivity index (χ4v) is 9.19. The minimum Gasteiger partial charge on any atom is -0.364 e. The van der Waals surface area contributed by atoms with Crippen molar-refractivity contribution in [1.29, 1.82) is 0 Å².